The zero-order chi connectivity index (χ0) is 26.9. The van der Waals surface area contributed by atoms with Crippen molar-refractivity contribution in [3.63, 3.8) is 0 Å². The maximum Gasteiger partial charge on any atom is 0.270 e. The van der Waals surface area contributed by atoms with Crippen LogP contribution in [0.4, 0.5) is 0 Å². The van der Waals surface area contributed by atoms with Crippen LogP contribution in [0.3, 0.4) is 0 Å². The topological polar surface area (TPSA) is 88.9 Å². The van der Waals surface area contributed by atoms with E-state index in [9.17, 15) is 9.59 Å². The lowest BCUT2D eigenvalue weighted by Gasteiger charge is -2.40. The molecule has 2 aliphatic rings. The minimum Gasteiger partial charge on any atom is -0.385 e. The highest BCUT2D eigenvalue weighted by Crippen LogP contribution is 2.27. The molecule has 40 heavy (non-hydrogen) atoms. The minimum atomic E-state index is -0.138. The van der Waals surface area contributed by atoms with Crippen molar-refractivity contribution < 1.29 is 19.1 Å². The smallest absolute Gasteiger partial charge is 0.270 e. The van der Waals surface area contributed by atoms with Gasteiger partial charge in [-0.1, -0.05) is 13.8 Å². The van der Waals surface area contributed by atoms with Crippen LogP contribution >= 0.6 is 24.8 Å². The maximum atomic E-state index is 14.2. The van der Waals surface area contributed by atoms with E-state index in [1.54, 1.807) is 13.3 Å². The Balaban J connectivity index is 0.00000280. The van der Waals surface area contributed by atoms with E-state index in [1.807, 2.05) is 40.3 Å². The Hall–Kier alpha value is -2.17. The number of unbranched alkanes of at least 4 members (excludes halogenated alkanes) is 1. The number of nitrogens with one attached hydrogen (secondary N) is 1. The van der Waals surface area contributed by atoms with Crippen LogP contribution < -0.4 is 5.32 Å². The Bertz CT molecular complexity index is 1050. The molecule has 0 aliphatic carbocycles. The molecule has 0 spiro atoms. The van der Waals surface area contributed by atoms with Gasteiger partial charge in [0.1, 0.15) is 5.69 Å². The molecular formula is C29H45Cl2N5O4. The van der Waals surface area contributed by atoms with Crippen LogP contribution in [-0.4, -0.2) is 96.9 Å². The number of halogens is 2. The Labute approximate surface area is 250 Å². The number of aromatic nitrogens is 2. The number of ether oxygens (including phenoxy) is 2. The van der Waals surface area contributed by atoms with Crippen molar-refractivity contribution in [2.75, 3.05) is 59.7 Å². The van der Waals surface area contributed by atoms with E-state index in [4.69, 9.17) is 9.47 Å². The molecule has 0 aromatic carbocycles. The normalized spacial score (nSPS) is 19.1. The molecule has 4 rings (SSSR count). The van der Waals surface area contributed by atoms with Crippen molar-refractivity contribution in [3.8, 4) is 11.3 Å². The zero-order valence-corrected chi connectivity index (χ0v) is 25.6. The summed E-state index contributed by atoms with van der Waals surface area (Å²) in [5, 5.41) is 3.46. The van der Waals surface area contributed by atoms with Crippen molar-refractivity contribution in [1.82, 2.24) is 24.7 Å². The predicted molar refractivity (Wildman–Crippen MR) is 161 cm³/mol. The second-order valence-electron chi connectivity index (χ2n) is 10.7. The number of carbonyl (C=O) groups is 2. The third kappa shape index (κ3) is 8.66. The molecule has 9 nitrogen and oxygen atoms in total. The highest BCUT2D eigenvalue weighted by molar-refractivity contribution is 5.94. The molecule has 2 saturated heterocycles. The van der Waals surface area contributed by atoms with Gasteiger partial charge in [0.15, 0.2) is 0 Å². The first-order chi connectivity index (χ1) is 18.5. The average molecular weight is 599 g/mol. The first-order valence-corrected chi connectivity index (χ1v) is 14.0. The Morgan fingerprint density at radius 1 is 1.15 bits per heavy atom. The molecular weight excluding hydrogens is 553 g/mol. The summed E-state index contributed by atoms with van der Waals surface area (Å²) >= 11 is 0. The number of piperidine rings is 1. The number of hydrogen-bond acceptors (Lipinski definition) is 6. The number of carbonyl (C=O) groups excluding carboxylic acids is 2. The van der Waals surface area contributed by atoms with Gasteiger partial charge in [-0.15, -0.1) is 24.8 Å². The molecule has 4 heterocycles. The van der Waals surface area contributed by atoms with Gasteiger partial charge in [-0.2, -0.15) is 0 Å². The lowest BCUT2D eigenvalue weighted by atomic mass is 9.92. The molecule has 1 N–H and O–H groups in total. The van der Waals surface area contributed by atoms with E-state index < -0.39 is 0 Å². The molecule has 2 amide bonds. The van der Waals surface area contributed by atoms with Gasteiger partial charge in [0.2, 0.25) is 5.91 Å². The molecule has 224 valence electrons. The largest absolute Gasteiger partial charge is 0.385 e. The SMILES string of the molecule is COCCCCn1c(C(=O)N(CC(C)C)[C@@H]2CNC[C@H](C(=O)N3CCOCC3)C2)ccc1-c1cccnc1.Cl.Cl. The van der Waals surface area contributed by atoms with Crippen LogP contribution in [-0.2, 0) is 20.8 Å². The van der Waals surface area contributed by atoms with Gasteiger partial charge in [-0.25, -0.2) is 0 Å². The van der Waals surface area contributed by atoms with Crippen molar-refractivity contribution in [1.29, 1.82) is 0 Å². The Kier molecular flexibility index (Phi) is 14.4. The summed E-state index contributed by atoms with van der Waals surface area (Å²) < 4.78 is 12.8. The van der Waals surface area contributed by atoms with Gasteiger partial charge < -0.3 is 29.2 Å². The van der Waals surface area contributed by atoms with Crippen LogP contribution in [0.2, 0.25) is 0 Å². The number of hydrogen-bond donors (Lipinski definition) is 1. The number of morpholine rings is 1. The average Bonchev–Trinajstić information content (AvgIpc) is 3.38. The molecule has 2 aromatic rings. The van der Waals surface area contributed by atoms with E-state index in [-0.39, 0.29) is 48.6 Å². The molecule has 11 heteroatoms. The van der Waals surface area contributed by atoms with Crippen LogP contribution in [0.1, 0.15) is 43.6 Å². The minimum absolute atomic E-state index is 0. The second kappa shape index (κ2) is 16.9. The quantitative estimate of drug-likeness (QED) is 0.397. The fourth-order valence-electron chi connectivity index (χ4n) is 5.50. The van der Waals surface area contributed by atoms with E-state index in [1.165, 1.54) is 0 Å². The fourth-order valence-corrected chi connectivity index (χ4v) is 5.50. The predicted octanol–water partition coefficient (Wildman–Crippen LogP) is 3.76. The molecule has 2 atom stereocenters. The van der Waals surface area contributed by atoms with Crippen LogP contribution in [0.5, 0.6) is 0 Å². The molecule has 0 bridgehead atoms. The third-order valence-corrected chi connectivity index (χ3v) is 7.40. The molecule has 2 aliphatic heterocycles. The molecule has 0 radical (unpaired) electrons. The van der Waals surface area contributed by atoms with Crippen molar-refractivity contribution in [2.24, 2.45) is 11.8 Å². The standard InChI is InChI=1S/C29H43N5O4.2ClH/c1-22(2)21-34(25-17-24(19-31-20-25)28(35)32-12-15-38-16-13-32)29(36)27-9-8-26(23-7-6-10-30-18-23)33(27)11-4-5-14-37-3;;/h6-10,18,22,24-25,31H,4-5,11-17,19-21H2,1-3H3;2*1H/t24-,25+;;/m1../s1. The van der Waals surface area contributed by atoms with Crippen molar-refractivity contribution >= 4 is 36.6 Å². The lowest BCUT2D eigenvalue weighted by molar-refractivity contribution is -0.140. The van der Waals surface area contributed by atoms with Crippen LogP contribution in [0.25, 0.3) is 11.3 Å². The van der Waals surface area contributed by atoms with Gasteiger partial charge >= 0.3 is 0 Å². The Morgan fingerprint density at radius 2 is 1.93 bits per heavy atom. The second-order valence-corrected chi connectivity index (χ2v) is 10.7. The number of amides is 2. The molecule has 2 fully saturated rings. The molecule has 0 unspecified atom stereocenters. The molecule has 0 saturated carbocycles. The Morgan fingerprint density at radius 3 is 2.60 bits per heavy atom. The summed E-state index contributed by atoms with van der Waals surface area (Å²) in [7, 11) is 1.71. The number of pyridine rings is 1. The van der Waals surface area contributed by atoms with Gasteiger partial charge in [-0.3, -0.25) is 14.6 Å². The van der Waals surface area contributed by atoms with Gasteiger partial charge in [0.25, 0.3) is 5.91 Å². The van der Waals surface area contributed by atoms with Crippen LogP contribution in [0, 0.1) is 11.8 Å². The maximum absolute atomic E-state index is 14.2. The summed E-state index contributed by atoms with van der Waals surface area (Å²) in [6.45, 7) is 10.1. The summed E-state index contributed by atoms with van der Waals surface area (Å²) in [6.07, 6.45) is 6.10. The van der Waals surface area contributed by atoms with E-state index in [0.29, 0.717) is 70.6 Å². The van der Waals surface area contributed by atoms with Gasteiger partial charge in [0, 0.05) is 77.0 Å². The first-order valence-electron chi connectivity index (χ1n) is 14.0. The summed E-state index contributed by atoms with van der Waals surface area (Å²) in [5.41, 5.74) is 2.67. The number of methoxy groups -OCH3 is 1. The van der Waals surface area contributed by atoms with E-state index >= 15 is 0 Å². The number of nitrogens with zero attached hydrogens (tertiary/aromatic N) is 4. The summed E-state index contributed by atoms with van der Waals surface area (Å²) in [6, 6.07) is 7.87. The lowest BCUT2D eigenvalue weighted by Crippen LogP contribution is -2.56. The highest BCUT2D eigenvalue weighted by Gasteiger charge is 2.36. The third-order valence-electron chi connectivity index (χ3n) is 7.40. The zero-order valence-electron chi connectivity index (χ0n) is 23.9. The summed E-state index contributed by atoms with van der Waals surface area (Å²) in [4.78, 5) is 35.7. The highest BCUT2D eigenvalue weighted by atomic mass is 35.5. The summed E-state index contributed by atoms with van der Waals surface area (Å²) in [5.74, 6) is 0.355. The van der Waals surface area contributed by atoms with Gasteiger partial charge in [0.05, 0.1) is 24.8 Å². The first kappa shape index (κ1) is 34.0. The van der Waals surface area contributed by atoms with Gasteiger partial charge in [-0.05, 0) is 49.4 Å². The van der Waals surface area contributed by atoms with Crippen LogP contribution in [0.15, 0.2) is 36.7 Å². The number of rotatable bonds is 11. The van der Waals surface area contributed by atoms with E-state index in [0.717, 1.165) is 30.6 Å². The van der Waals surface area contributed by atoms with Crippen molar-refractivity contribution in [2.45, 2.75) is 45.7 Å². The van der Waals surface area contributed by atoms with Crippen molar-refractivity contribution in [3.05, 3.63) is 42.4 Å². The molecule has 2 aromatic heterocycles. The van der Waals surface area contributed by atoms with E-state index in [2.05, 4.69) is 28.7 Å². The fraction of sp³-hybridized carbons (Fsp3) is 0.621. The monoisotopic (exact) mass is 597 g/mol.